The molecule has 1 aromatic carbocycles. The van der Waals surface area contributed by atoms with Crippen LogP contribution >= 0.6 is 11.6 Å². The van der Waals surface area contributed by atoms with Crippen LogP contribution in [0.2, 0.25) is 5.02 Å². The average Bonchev–Trinajstić information content (AvgIpc) is 3.23. The lowest BCUT2D eigenvalue weighted by Crippen LogP contribution is -2.36. The van der Waals surface area contributed by atoms with Crippen LogP contribution in [0.1, 0.15) is 18.1 Å². The first-order valence-electron chi connectivity index (χ1n) is 8.11. The van der Waals surface area contributed by atoms with Crippen molar-refractivity contribution in [2.75, 3.05) is 6.61 Å². The molecule has 1 aliphatic heterocycles. The van der Waals surface area contributed by atoms with E-state index in [0.29, 0.717) is 29.0 Å². The van der Waals surface area contributed by atoms with Gasteiger partial charge in [-0.2, -0.15) is 5.10 Å². The molecule has 0 unspecified atom stereocenters. The molecule has 0 bridgehead atoms. The molecule has 9 heteroatoms. The predicted molar refractivity (Wildman–Crippen MR) is 97.4 cm³/mol. The molecule has 3 heterocycles. The van der Waals surface area contributed by atoms with Crippen molar-refractivity contribution >= 4 is 32.5 Å². The van der Waals surface area contributed by atoms with Gasteiger partial charge in [0.05, 0.1) is 27.7 Å². The summed E-state index contributed by atoms with van der Waals surface area (Å²) in [6.07, 6.45) is 5.33. The summed E-state index contributed by atoms with van der Waals surface area (Å²) in [6, 6.07) is 6.08. The third-order valence-corrected chi connectivity index (χ3v) is 6.27. The number of nitrogens with zero attached hydrogens (tertiary/aromatic N) is 3. The number of rotatable bonds is 4. The Balaban J connectivity index is 1.69. The molecule has 1 N–H and O–H groups in total. The first-order valence-corrected chi connectivity index (χ1v) is 9.97. The van der Waals surface area contributed by atoms with Crippen LogP contribution in [0.5, 0.6) is 0 Å². The van der Waals surface area contributed by atoms with Gasteiger partial charge in [-0.25, -0.2) is 13.1 Å². The summed E-state index contributed by atoms with van der Waals surface area (Å²) in [4.78, 5) is 4.35. The van der Waals surface area contributed by atoms with E-state index in [1.165, 1.54) is 6.07 Å². The van der Waals surface area contributed by atoms with Crippen LogP contribution in [0, 0.1) is 0 Å². The number of hydrogen-bond acceptors (Lipinski definition) is 5. The van der Waals surface area contributed by atoms with Gasteiger partial charge < -0.3 is 4.74 Å². The van der Waals surface area contributed by atoms with Gasteiger partial charge in [-0.1, -0.05) is 11.6 Å². The number of fused-ring (bicyclic) bond motifs is 1. The number of halogens is 1. The molecule has 3 aromatic rings. The van der Waals surface area contributed by atoms with E-state index in [-0.39, 0.29) is 17.0 Å². The SMILES string of the molecule is Cn1cc([C@H]2OCC[C@@H]2NS(=O)(=O)c2ccc(Cl)c3ncccc23)cn1. The smallest absolute Gasteiger partial charge is 0.241 e. The summed E-state index contributed by atoms with van der Waals surface area (Å²) in [5.74, 6) is 0. The lowest BCUT2D eigenvalue weighted by atomic mass is 10.1. The monoisotopic (exact) mass is 392 g/mol. The zero-order chi connectivity index (χ0) is 18.3. The van der Waals surface area contributed by atoms with E-state index in [1.54, 1.807) is 35.3 Å². The largest absolute Gasteiger partial charge is 0.372 e. The van der Waals surface area contributed by atoms with Crippen LogP contribution in [0.4, 0.5) is 0 Å². The van der Waals surface area contributed by atoms with Gasteiger partial charge in [0, 0.05) is 37.0 Å². The quantitative estimate of drug-likeness (QED) is 0.736. The Morgan fingerprint density at radius 2 is 2.19 bits per heavy atom. The third-order valence-electron chi connectivity index (χ3n) is 4.42. The molecule has 136 valence electrons. The van der Waals surface area contributed by atoms with Gasteiger partial charge in [-0.3, -0.25) is 9.67 Å². The van der Waals surface area contributed by atoms with E-state index in [4.69, 9.17) is 16.3 Å². The number of benzene rings is 1. The highest BCUT2D eigenvalue weighted by atomic mass is 35.5. The lowest BCUT2D eigenvalue weighted by molar-refractivity contribution is 0.102. The van der Waals surface area contributed by atoms with Crippen molar-refractivity contribution in [3.8, 4) is 0 Å². The number of aromatic nitrogens is 3. The van der Waals surface area contributed by atoms with Crippen molar-refractivity contribution in [3.05, 3.63) is 53.4 Å². The maximum atomic E-state index is 13.0. The zero-order valence-corrected chi connectivity index (χ0v) is 15.5. The van der Waals surface area contributed by atoms with Gasteiger partial charge in [0.1, 0.15) is 6.10 Å². The molecule has 26 heavy (non-hydrogen) atoms. The molecular formula is C17H17ClN4O3S. The van der Waals surface area contributed by atoms with E-state index in [9.17, 15) is 8.42 Å². The van der Waals surface area contributed by atoms with E-state index >= 15 is 0 Å². The van der Waals surface area contributed by atoms with Crippen molar-refractivity contribution in [2.24, 2.45) is 7.05 Å². The van der Waals surface area contributed by atoms with Gasteiger partial charge in [0.15, 0.2) is 0 Å². The normalized spacial score (nSPS) is 20.7. The van der Waals surface area contributed by atoms with Crippen LogP contribution in [-0.4, -0.2) is 35.8 Å². The maximum Gasteiger partial charge on any atom is 0.241 e. The van der Waals surface area contributed by atoms with Crippen molar-refractivity contribution in [3.63, 3.8) is 0 Å². The van der Waals surface area contributed by atoms with Gasteiger partial charge in [0.25, 0.3) is 0 Å². The van der Waals surface area contributed by atoms with Gasteiger partial charge in [0.2, 0.25) is 10.0 Å². The second-order valence-electron chi connectivity index (χ2n) is 6.20. The summed E-state index contributed by atoms with van der Waals surface area (Å²) in [6.45, 7) is 0.482. The van der Waals surface area contributed by atoms with Crippen LogP contribution < -0.4 is 4.72 Å². The predicted octanol–water partition coefficient (Wildman–Crippen LogP) is 2.43. The Kier molecular flexibility index (Phi) is 4.44. The Labute approximate surface area is 156 Å². The molecule has 2 atom stereocenters. The molecule has 2 aromatic heterocycles. The fraction of sp³-hybridized carbons (Fsp3) is 0.294. The second kappa shape index (κ2) is 6.62. The Morgan fingerprint density at radius 3 is 2.96 bits per heavy atom. The molecule has 4 rings (SSSR count). The molecule has 1 fully saturated rings. The summed E-state index contributed by atoms with van der Waals surface area (Å²) in [5.41, 5.74) is 1.31. The number of pyridine rings is 1. The number of sulfonamides is 1. The molecule has 0 amide bonds. The van der Waals surface area contributed by atoms with E-state index in [2.05, 4.69) is 14.8 Å². The molecule has 1 saturated heterocycles. The minimum atomic E-state index is -3.78. The highest BCUT2D eigenvalue weighted by Gasteiger charge is 2.34. The van der Waals surface area contributed by atoms with Gasteiger partial charge >= 0.3 is 0 Å². The van der Waals surface area contributed by atoms with Gasteiger partial charge in [-0.15, -0.1) is 0 Å². The van der Waals surface area contributed by atoms with Crippen molar-refractivity contribution in [1.29, 1.82) is 0 Å². The summed E-state index contributed by atoms with van der Waals surface area (Å²) in [7, 11) is -1.97. The average molecular weight is 393 g/mol. The fourth-order valence-corrected chi connectivity index (χ4v) is 4.92. The minimum absolute atomic E-state index is 0.154. The van der Waals surface area contributed by atoms with Gasteiger partial charge in [-0.05, 0) is 30.7 Å². The Morgan fingerprint density at radius 1 is 1.35 bits per heavy atom. The highest BCUT2D eigenvalue weighted by molar-refractivity contribution is 7.89. The molecule has 0 spiro atoms. The second-order valence-corrected chi connectivity index (χ2v) is 8.29. The van der Waals surface area contributed by atoms with Crippen molar-refractivity contribution < 1.29 is 13.2 Å². The first-order chi connectivity index (χ1) is 12.5. The number of hydrogen-bond donors (Lipinski definition) is 1. The first kappa shape index (κ1) is 17.4. The van der Waals surface area contributed by atoms with Crippen LogP contribution in [0.15, 0.2) is 47.8 Å². The van der Waals surface area contributed by atoms with E-state index in [1.807, 2.05) is 13.2 Å². The standard InChI is InChI=1S/C17H17ClN4O3S/c1-22-10-11(9-20-22)17-14(6-8-25-17)21-26(23,24)15-5-4-13(18)16-12(15)3-2-7-19-16/h2-5,7,9-10,14,17,21H,6,8H2,1H3/t14-,17+/m0/s1. The lowest BCUT2D eigenvalue weighted by Gasteiger charge is -2.19. The summed E-state index contributed by atoms with van der Waals surface area (Å²) in [5, 5.41) is 5.04. The molecule has 7 nitrogen and oxygen atoms in total. The summed E-state index contributed by atoms with van der Waals surface area (Å²) < 4.78 is 36.3. The van der Waals surface area contributed by atoms with Crippen molar-refractivity contribution in [2.45, 2.75) is 23.5 Å². The Hall–Kier alpha value is -2.00. The topological polar surface area (TPSA) is 86.1 Å². The van der Waals surface area contributed by atoms with Crippen LogP contribution in [0.25, 0.3) is 10.9 Å². The highest BCUT2D eigenvalue weighted by Crippen LogP contribution is 2.32. The minimum Gasteiger partial charge on any atom is -0.372 e. The van der Waals surface area contributed by atoms with Crippen LogP contribution in [0.3, 0.4) is 0 Å². The molecule has 0 saturated carbocycles. The number of aryl methyl sites for hydroxylation is 1. The van der Waals surface area contributed by atoms with Crippen LogP contribution in [-0.2, 0) is 21.8 Å². The number of ether oxygens (including phenoxy) is 1. The molecule has 0 radical (unpaired) electrons. The molecule has 1 aliphatic rings. The molecule has 0 aliphatic carbocycles. The van der Waals surface area contributed by atoms with Crippen molar-refractivity contribution in [1.82, 2.24) is 19.5 Å². The maximum absolute atomic E-state index is 13.0. The fourth-order valence-electron chi connectivity index (χ4n) is 3.23. The summed E-state index contributed by atoms with van der Waals surface area (Å²) >= 11 is 6.15. The number of nitrogens with one attached hydrogen (secondary N) is 1. The van der Waals surface area contributed by atoms with E-state index < -0.39 is 10.0 Å². The Bertz CT molecular complexity index is 1070. The molecular weight excluding hydrogens is 376 g/mol. The zero-order valence-electron chi connectivity index (χ0n) is 14.0. The third kappa shape index (κ3) is 3.09. The van der Waals surface area contributed by atoms with E-state index in [0.717, 1.165) is 5.56 Å².